The SMILES string of the molecule is CC(C)Nc1ncc(-c2cc(-c3ccccc3C#N)c3nncn3c2)s1. The van der Waals surface area contributed by atoms with Gasteiger partial charge in [-0.05, 0) is 26.0 Å². The molecule has 4 rings (SSSR count). The Bertz CT molecular complexity index is 1120. The fraction of sp³-hybridized carbons (Fsp3) is 0.158. The van der Waals surface area contributed by atoms with Crippen molar-refractivity contribution in [2.75, 3.05) is 5.32 Å². The van der Waals surface area contributed by atoms with Crippen molar-refractivity contribution < 1.29 is 0 Å². The van der Waals surface area contributed by atoms with E-state index in [-0.39, 0.29) is 0 Å². The molecule has 0 unspecified atom stereocenters. The molecule has 0 saturated heterocycles. The van der Waals surface area contributed by atoms with E-state index in [1.54, 1.807) is 17.7 Å². The van der Waals surface area contributed by atoms with E-state index in [4.69, 9.17) is 0 Å². The number of fused-ring (bicyclic) bond motifs is 1. The van der Waals surface area contributed by atoms with Crippen molar-refractivity contribution in [3.05, 3.63) is 54.6 Å². The number of anilines is 1. The lowest BCUT2D eigenvalue weighted by Crippen LogP contribution is -2.08. The smallest absolute Gasteiger partial charge is 0.183 e. The van der Waals surface area contributed by atoms with Gasteiger partial charge in [0, 0.05) is 35.1 Å². The highest BCUT2D eigenvalue weighted by atomic mass is 32.1. The molecule has 0 bridgehead atoms. The zero-order valence-electron chi connectivity index (χ0n) is 14.3. The Morgan fingerprint density at radius 1 is 1.23 bits per heavy atom. The van der Waals surface area contributed by atoms with E-state index in [0.29, 0.717) is 11.6 Å². The molecule has 0 aliphatic rings. The Morgan fingerprint density at radius 3 is 2.88 bits per heavy atom. The highest BCUT2D eigenvalue weighted by molar-refractivity contribution is 7.18. The Balaban J connectivity index is 1.88. The number of hydrogen-bond acceptors (Lipinski definition) is 6. The van der Waals surface area contributed by atoms with Gasteiger partial charge in [0.05, 0.1) is 16.5 Å². The van der Waals surface area contributed by atoms with Crippen molar-refractivity contribution in [1.29, 1.82) is 5.26 Å². The third kappa shape index (κ3) is 2.91. The molecule has 0 atom stereocenters. The maximum Gasteiger partial charge on any atom is 0.183 e. The number of nitrogens with one attached hydrogen (secondary N) is 1. The summed E-state index contributed by atoms with van der Waals surface area (Å²) in [4.78, 5) is 5.49. The highest BCUT2D eigenvalue weighted by Gasteiger charge is 2.14. The number of nitrogens with zero attached hydrogens (tertiary/aromatic N) is 5. The predicted molar refractivity (Wildman–Crippen MR) is 103 cm³/mol. The Morgan fingerprint density at radius 2 is 2.08 bits per heavy atom. The molecule has 0 amide bonds. The summed E-state index contributed by atoms with van der Waals surface area (Å²) in [5.74, 6) is 0. The van der Waals surface area contributed by atoms with Crippen LogP contribution in [0.25, 0.3) is 27.2 Å². The van der Waals surface area contributed by atoms with Gasteiger partial charge in [0.1, 0.15) is 6.33 Å². The average molecular weight is 360 g/mol. The average Bonchev–Trinajstić information content (AvgIpc) is 3.29. The molecule has 6 nitrogen and oxygen atoms in total. The van der Waals surface area contributed by atoms with Gasteiger partial charge in [-0.3, -0.25) is 4.40 Å². The van der Waals surface area contributed by atoms with Gasteiger partial charge in [-0.15, -0.1) is 10.2 Å². The number of aromatic nitrogens is 4. The summed E-state index contributed by atoms with van der Waals surface area (Å²) in [6.45, 7) is 4.17. The first-order valence-corrected chi connectivity index (χ1v) is 9.03. The fourth-order valence-corrected chi connectivity index (χ4v) is 3.75. The fourth-order valence-electron chi connectivity index (χ4n) is 2.81. The van der Waals surface area contributed by atoms with Crippen LogP contribution in [0, 0.1) is 11.3 Å². The van der Waals surface area contributed by atoms with Gasteiger partial charge in [0.25, 0.3) is 0 Å². The number of rotatable bonds is 4. The van der Waals surface area contributed by atoms with Gasteiger partial charge in [-0.2, -0.15) is 5.26 Å². The zero-order valence-corrected chi connectivity index (χ0v) is 15.2. The first-order chi connectivity index (χ1) is 12.7. The third-order valence-corrected chi connectivity index (χ3v) is 4.91. The minimum atomic E-state index is 0.326. The number of nitriles is 1. The summed E-state index contributed by atoms with van der Waals surface area (Å²) in [6, 6.07) is 12.2. The van der Waals surface area contributed by atoms with Crippen molar-refractivity contribution in [3.8, 4) is 27.6 Å². The molecular weight excluding hydrogens is 344 g/mol. The summed E-state index contributed by atoms with van der Waals surface area (Å²) in [5, 5.41) is 21.9. The van der Waals surface area contributed by atoms with E-state index in [0.717, 1.165) is 32.3 Å². The van der Waals surface area contributed by atoms with Gasteiger partial charge in [-0.1, -0.05) is 29.5 Å². The zero-order chi connectivity index (χ0) is 18.1. The van der Waals surface area contributed by atoms with Gasteiger partial charge < -0.3 is 5.32 Å². The molecule has 0 spiro atoms. The van der Waals surface area contributed by atoms with E-state index in [9.17, 15) is 5.26 Å². The second-order valence-electron chi connectivity index (χ2n) is 6.19. The lowest BCUT2D eigenvalue weighted by molar-refractivity contribution is 0.896. The summed E-state index contributed by atoms with van der Waals surface area (Å²) in [7, 11) is 0. The Kier molecular flexibility index (Phi) is 4.11. The highest BCUT2D eigenvalue weighted by Crippen LogP contribution is 2.34. The Labute approximate surface area is 154 Å². The first kappa shape index (κ1) is 16.2. The summed E-state index contributed by atoms with van der Waals surface area (Å²) in [5.41, 5.74) is 4.07. The molecule has 3 aromatic heterocycles. The van der Waals surface area contributed by atoms with E-state index in [2.05, 4.69) is 40.4 Å². The van der Waals surface area contributed by atoms with Crippen molar-refractivity contribution in [2.45, 2.75) is 19.9 Å². The van der Waals surface area contributed by atoms with Crippen LogP contribution in [-0.2, 0) is 0 Å². The first-order valence-electron chi connectivity index (χ1n) is 8.21. The van der Waals surface area contributed by atoms with E-state index >= 15 is 0 Å². The molecule has 1 N–H and O–H groups in total. The van der Waals surface area contributed by atoms with Crippen LogP contribution in [0.1, 0.15) is 19.4 Å². The molecule has 1 aromatic carbocycles. The molecule has 0 radical (unpaired) electrons. The van der Waals surface area contributed by atoms with Crippen molar-refractivity contribution in [3.63, 3.8) is 0 Å². The number of pyridine rings is 1. The molecule has 7 heteroatoms. The molecular formula is C19H16N6S. The van der Waals surface area contributed by atoms with Crippen LogP contribution in [-0.4, -0.2) is 25.6 Å². The van der Waals surface area contributed by atoms with Crippen LogP contribution >= 0.6 is 11.3 Å². The summed E-state index contributed by atoms with van der Waals surface area (Å²) >= 11 is 1.60. The van der Waals surface area contributed by atoms with E-state index in [1.165, 1.54) is 0 Å². The second kappa shape index (κ2) is 6.58. The normalized spacial score (nSPS) is 11.0. The van der Waals surface area contributed by atoms with Crippen LogP contribution in [0.5, 0.6) is 0 Å². The minimum Gasteiger partial charge on any atom is -0.359 e. The maximum absolute atomic E-state index is 9.47. The van der Waals surface area contributed by atoms with Gasteiger partial charge in [-0.25, -0.2) is 4.98 Å². The van der Waals surface area contributed by atoms with Crippen LogP contribution in [0.4, 0.5) is 5.13 Å². The van der Waals surface area contributed by atoms with Crippen LogP contribution < -0.4 is 5.32 Å². The van der Waals surface area contributed by atoms with Gasteiger partial charge in [0.2, 0.25) is 0 Å². The third-order valence-electron chi connectivity index (χ3n) is 3.93. The molecule has 3 heterocycles. The van der Waals surface area contributed by atoms with E-state index < -0.39 is 0 Å². The van der Waals surface area contributed by atoms with E-state index in [1.807, 2.05) is 47.1 Å². The van der Waals surface area contributed by atoms with Gasteiger partial charge in [0.15, 0.2) is 10.8 Å². The maximum atomic E-state index is 9.47. The molecule has 128 valence electrons. The molecule has 0 aliphatic carbocycles. The van der Waals surface area contributed by atoms with Crippen molar-refractivity contribution in [1.82, 2.24) is 19.6 Å². The molecule has 0 aliphatic heterocycles. The van der Waals surface area contributed by atoms with Crippen molar-refractivity contribution >= 4 is 22.1 Å². The van der Waals surface area contributed by atoms with Crippen LogP contribution in [0.15, 0.2) is 49.1 Å². The molecule has 4 aromatic rings. The monoisotopic (exact) mass is 360 g/mol. The second-order valence-corrected chi connectivity index (χ2v) is 7.22. The lowest BCUT2D eigenvalue weighted by atomic mass is 10.00. The topological polar surface area (TPSA) is 78.9 Å². The van der Waals surface area contributed by atoms with Gasteiger partial charge >= 0.3 is 0 Å². The largest absolute Gasteiger partial charge is 0.359 e. The standard InChI is InChI=1S/C19H16N6S/c1-12(2)23-19-21-9-17(26-19)14-7-16(18-24-22-11-25(18)10-14)15-6-4-3-5-13(15)8-20/h3-7,9-12H,1-2H3,(H,21,23). The number of hydrogen-bond donors (Lipinski definition) is 1. The number of thiazole rings is 1. The van der Waals surface area contributed by atoms with Crippen molar-refractivity contribution in [2.24, 2.45) is 0 Å². The summed E-state index contributed by atoms with van der Waals surface area (Å²) < 4.78 is 1.88. The Hall–Kier alpha value is -3.24. The number of benzene rings is 1. The minimum absolute atomic E-state index is 0.326. The predicted octanol–water partition coefficient (Wildman–Crippen LogP) is 4.21. The van der Waals surface area contributed by atoms with Crippen LogP contribution in [0.3, 0.4) is 0 Å². The lowest BCUT2D eigenvalue weighted by Gasteiger charge is -2.08. The quantitative estimate of drug-likeness (QED) is 0.590. The van der Waals surface area contributed by atoms with Crippen LogP contribution in [0.2, 0.25) is 0 Å². The summed E-state index contributed by atoms with van der Waals surface area (Å²) in [6.07, 6.45) is 5.52. The molecule has 0 fully saturated rings. The molecule has 26 heavy (non-hydrogen) atoms. The molecule has 0 saturated carbocycles.